The summed E-state index contributed by atoms with van der Waals surface area (Å²) >= 11 is 1.86. The first-order valence-electron chi connectivity index (χ1n) is 7.52. The highest BCUT2D eigenvalue weighted by molar-refractivity contribution is 8.00. The van der Waals surface area contributed by atoms with Crippen LogP contribution >= 0.6 is 11.8 Å². The number of piperidine rings is 1. The van der Waals surface area contributed by atoms with Crippen LogP contribution in [0.4, 0.5) is 5.82 Å². The number of thioether (sulfide) groups is 1. The number of hydrogen-bond acceptors (Lipinski definition) is 6. The molecule has 0 saturated carbocycles. The van der Waals surface area contributed by atoms with Crippen molar-refractivity contribution in [3.05, 3.63) is 18.3 Å². The molecule has 0 unspecified atom stereocenters. The fourth-order valence-corrected chi connectivity index (χ4v) is 4.96. The predicted octanol–water partition coefficient (Wildman–Crippen LogP) is 2.16. The largest absolute Gasteiger partial charge is 0.261 e. The zero-order valence-electron chi connectivity index (χ0n) is 12.4. The topological polar surface area (TPSA) is 74.7 Å². The Morgan fingerprint density at radius 3 is 2.68 bits per heavy atom. The van der Waals surface area contributed by atoms with Crippen molar-refractivity contribution in [1.29, 1.82) is 0 Å². The van der Waals surface area contributed by atoms with Crippen molar-refractivity contribution < 1.29 is 8.42 Å². The van der Waals surface area contributed by atoms with Gasteiger partial charge in [0.1, 0.15) is 10.7 Å². The molecular formula is C14H20N4O2S2. The summed E-state index contributed by atoms with van der Waals surface area (Å²) in [6.45, 7) is 1.21. The van der Waals surface area contributed by atoms with Crippen molar-refractivity contribution in [2.45, 2.75) is 30.6 Å². The first-order chi connectivity index (χ1) is 10.7. The van der Waals surface area contributed by atoms with Crippen molar-refractivity contribution >= 4 is 33.3 Å². The standard InChI is InChI=1S/C14H20N4O2S2/c19-22(20,18-7-2-1-3-8-18)13-4-5-14(15-10-13)17-16-12-6-9-21-11-12/h4-5,10H,1-3,6-9,11H2,(H,15,17)/b16-12+. The SMILES string of the molecule is O=S(=O)(c1ccc(N/N=C2\CCSC2)nc1)N1CCCCC1. The number of sulfonamides is 1. The van der Waals surface area contributed by atoms with Crippen LogP contribution in [-0.4, -0.2) is 48.0 Å². The predicted molar refractivity (Wildman–Crippen MR) is 89.8 cm³/mol. The Kier molecular flexibility index (Phi) is 5.00. The van der Waals surface area contributed by atoms with Crippen LogP contribution in [0.5, 0.6) is 0 Å². The number of nitrogens with zero attached hydrogens (tertiary/aromatic N) is 3. The van der Waals surface area contributed by atoms with E-state index >= 15 is 0 Å². The van der Waals surface area contributed by atoms with Gasteiger partial charge in [-0.25, -0.2) is 13.4 Å². The highest BCUT2D eigenvalue weighted by Crippen LogP contribution is 2.21. The molecule has 120 valence electrons. The van der Waals surface area contributed by atoms with Gasteiger partial charge in [0.25, 0.3) is 0 Å². The van der Waals surface area contributed by atoms with Crippen molar-refractivity contribution in [3.63, 3.8) is 0 Å². The third-order valence-corrected chi connectivity index (χ3v) is 6.73. The summed E-state index contributed by atoms with van der Waals surface area (Å²) in [6, 6.07) is 3.27. The van der Waals surface area contributed by atoms with E-state index in [4.69, 9.17) is 0 Å². The second-order valence-electron chi connectivity index (χ2n) is 5.44. The molecule has 2 aliphatic rings. The number of rotatable bonds is 4. The number of nitrogens with one attached hydrogen (secondary N) is 1. The molecule has 2 aliphatic heterocycles. The zero-order valence-corrected chi connectivity index (χ0v) is 14.0. The number of anilines is 1. The van der Waals surface area contributed by atoms with Crippen molar-refractivity contribution in [2.24, 2.45) is 5.10 Å². The average Bonchev–Trinajstić information content (AvgIpc) is 3.08. The lowest BCUT2D eigenvalue weighted by atomic mass is 10.2. The first-order valence-corrected chi connectivity index (χ1v) is 10.1. The molecule has 3 heterocycles. The molecule has 22 heavy (non-hydrogen) atoms. The van der Waals surface area contributed by atoms with Crippen LogP contribution in [0.2, 0.25) is 0 Å². The van der Waals surface area contributed by atoms with Gasteiger partial charge in [0.15, 0.2) is 0 Å². The highest BCUT2D eigenvalue weighted by atomic mass is 32.2. The molecule has 3 rings (SSSR count). The van der Waals surface area contributed by atoms with Gasteiger partial charge in [-0.15, -0.1) is 0 Å². The van der Waals surface area contributed by atoms with Crippen molar-refractivity contribution in [1.82, 2.24) is 9.29 Å². The monoisotopic (exact) mass is 340 g/mol. The van der Waals surface area contributed by atoms with Gasteiger partial charge in [-0.3, -0.25) is 5.43 Å². The van der Waals surface area contributed by atoms with Crippen molar-refractivity contribution in [2.75, 3.05) is 30.0 Å². The maximum Gasteiger partial charge on any atom is 0.244 e. The zero-order chi connectivity index (χ0) is 15.4. The molecule has 0 aliphatic carbocycles. The Bertz CT molecular complexity index is 629. The minimum absolute atomic E-state index is 0.254. The number of hydrogen-bond donors (Lipinski definition) is 1. The molecule has 0 aromatic carbocycles. The quantitative estimate of drug-likeness (QED) is 0.850. The van der Waals surface area contributed by atoms with Crippen LogP contribution in [0.1, 0.15) is 25.7 Å². The number of aromatic nitrogens is 1. The molecular weight excluding hydrogens is 320 g/mol. The molecule has 8 heteroatoms. The molecule has 0 atom stereocenters. The summed E-state index contributed by atoms with van der Waals surface area (Å²) in [7, 11) is -3.41. The van der Waals surface area contributed by atoms with E-state index < -0.39 is 10.0 Å². The van der Waals surface area contributed by atoms with E-state index in [0.717, 1.165) is 42.9 Å². The van der Waals surface area contributed by atoms with E-state index in [1.54, 1.807) is 16.4 Å². The second-order valence-corrected chi connectivity index (χ2v) is 8.48. The minimum Gasteiger partial charge on any atom is -0.261 e. The van der Waals surface area contributed by atoms with E-state index in [2.05, 4.69) is 15.5 Å². The lowest BCUT2D eigenvalue weighted by Gasteiger charge is -2.25. The van der Waals surface area contributed by atoms with Crippen LogP contribution < -0.4 is 5.43 Å². The van der Waals surface area contributed by atoms with Crippen LogP contribution in [0.15, 0.2) is 28.3 Å². The van der Waals surface area contributed by atoms with E-state index in [-0.39, 0.29) is 4.90 Å². The summed E-state index contributed by atoms with van der Waals surface area (Å²) in [5.74, 6) is 2.64. The molecule has 1 aromatic rings. The maximum atomic E-state index is 12.5. The van der Waals surface area contributed by atoms with Gasteiger partial charge < -0.3 is 0 Å². The highest BCUT2D eigenvalue weighted by Gasteiger charge is 2.26. The Balaban J connectivity index is 1.69. The lowest BCUT2D eigenvalue weighted by Crippen LogP contribution is -2.35. The van der Waals surface area contributed by atoms with Gasteiger partial charge >= 0.3 is 0 Å². The molecule has 0 amide bonds. The van der Waals surface area contributed by atoms with Gasteiger partial charge in [0, 0.05) is 30.8 Å². The summed E-state index contributed by atoms with van der Waals surface area (Å²) in [4.78, 5) is 4.42. The third kappa shape index (κ3) is 3.61. The first kappa shape index (κ1) is 15.8. The minimum atomic E-state index is -3.41. The van der Waals surface area contributed by atoms with Crippen molar-refractivity contribution in [3.8, 4) is 0 Å². The molecule has 0 spiro atoms. The maximum absolute atomic E-state index is 12.5. The molecule has 2 saturated heterocycles. The Morgan fingerprint density at radius 1 is 1.23 bits per heavy atom. The van der Waals surface area contributed by atoms with Crippen LogP contribution in [-0.2, 0) is 10.0 Å². The smallest absolute Gasteiger partial charge is 0.244 e. The fourth-order valence-electron chi connectivity index (χ4n) is 2.53. The van der Waals surface area contributed by atoms with Gasteiger partial charge in [-0.2, -0.15) is 21.2 Å². The summed E-state index contributed by atoms with van der Waals surface area (Å²) in [5.41, 5.74) is 4.02. The van der Waals surface area contributed by atoms with Gasteiger partial charge in [0.2, 0.25) is 10.0 Å². The Morgan fingerprint density at radius 2 is 2.05 bits per heavy atom. The molecule has 1 N–H and O–H groups in total. The van der Waals surface area contributed by atoms with E-state index in [1.807, 2.05) is 11.8 Å². The number of pyridine rings is 1. The van der Waals surface area contributed by atoms with E-state index in [9.17, 15) is 8.42 Å². The van der Waals surface area contributed by atoms with E-state index in [1.165, 1.54) is 6.20 Å². The summed E-state index contributed by atoms with van der Waals surface area (Å²) in [5, 5.41) is 4.30. The van der Waals surface area contributed by atoms with Gasteiger partial charge in [-0.05, 0) is 37.1 Å². The van der Waals surface area contributed by atoms with Gasteiger partial charge in [0.05, 0.1) is 0 Å². The molecule has 0 radical (unpaired) electrons. The average molecular weight is 340 g/mol. The lowest BCUT2D eigenvalue weighted by molar-refractivity contribution is 0.346. The Hall–Kier alpha value is -1.12. The molecule has 6 nitrogen and oxygen atoms in total. The normalized spacial score (nSPS) is 22.1. The van der Waals surface area contributed by atoms with E-state index in [0.29, 0.717) is 18.9 Å². The van der Waals surface area contributed by atoms with Gasteiger partial charge in [-0.1, -0.05) is 6.42 Å². The summed E-state index contributed by atoms with van der Waals surface area (Å²) in [6.07, 6.45) is 5.38. The fraction of sp³-hybridized carbons (Fsp3) is 0.571. The van der Waals surface area contributed by atoms with Crippen LogP contribution in [0, 0.1) is 0 Å². The second kappa shape index (κ2) is 6.97. The number of hydrazone groups is 1. The summed E-state index contributed by atoms with van der Waals surface area (Å²) < 4.78 is 26.6. The van der Waals surface area contributed by atoms with Crippen LogP contribution in [0.3, 0.4) is 0 Å². The third-order valence-electron chi connectivity index (χ3n) is 3.82. The Labute approximate surface area is 135 Å². The molecule has 0 bridgehead atoms. The molecule has 1 aromatic heterocycles. The van der Waals surface area contributed by atoms with Crippen LogP contribution in [0.25, 0.3) is 0 Å². The molecule has 2 fully saturated rings.